The largest absolute Gasteiger partial charge is 0.421 e. The SMILES string of the molecule is O=CC(CC1CC2CCCC(C2)C1)OC(C(F)(F)F)C(F)(F)S(=O)(=O)O. The Balaban J connectivity index is 2.11. The summed E-state index contributed by atoms with van der Waals surface area (Å²) in [6.45, 7) is 0. The van der Waals surface area contributed by atoms with Crippen LogP contribution in [0.3, 0.4) is 0 Å². The molecule has 0 aliphatic heterocycles. The van der Waals surface area contributed by atoms with E-state index in [4.69, 9.17) is 4.55 Å². The Morgan fingerprint density at radius 1 is 1.08 bits per heavy atom. The van der Waals surface area contributed by atoms with E-state index in [9.17, 15) is 35.2 Å². The van der Waals surface area contributed by atoms with E-state index in [1.54, 1.807) is 0 Å². The molecule has 0 aromatic heterocycles. The van der Waals surface area contributed by atoms with Gasteiger partial charge >= 0.3 is 21.5 Å². The predicted molar refractivity (Wildman–Crippen MR) is 80.1 cm³/mol. The molecule has 4 atom stereocenters. The van der Waals surface area contributed by atoms with E-state index in [-0.39, 0.29) is 18.6 Å². The molecule has 2 saturated carbocycles. The second-order valence-electron chi connectivity index (χ2n) is 7.24. The van der Waals surface area contributed by atoms with Gasteiger partial charge < -0.3 is 9.53 Å². The first-order valence-corrected chi connectivity index (χ1v) is 9.81. The van der Waals surface area contributed by atoms with Crippen molar-refractivity contribution < 1.29 is 44.5 Å². The zero-order valence-electron chi connectivity index (χ0n) is 13.8. The summed E-state index contributed by atoms with van der Waals surface area (Å²) in [5.41, 5.74) is 0. The third-order valence-electron chi connectivity index (χ3n) is 5.20. The lowest BCUT2D eigenvalue weighted by molar-refractivity contribution is -0.273. The summed E-state index contributed by atoms with van der Waals surface area (Å²) in [7, 11) is -6.38. The van der Waals surface area contributed by atoms with E-state index in [0.717, 1.165) is 25.7 Å². The summed E-state index contributed by atoms with van der Waals surface area (Å²) in [6, 6.07) is 0. The molecule has 2 aliphatic carbocycles. The van der Waals surface area contributed by atoms with Crippen LogP contribution in [0.2, 0.25) is 0 Å². The fourth-order valence-electron chi connectivity index (χ4n) is 4.19. The Hall–Kier alpha value is -0.810. The van der Waals surface area contributed by atoms with Crippen molar-refractivity contribution in [3.8, 4) is 0 Å². The minimum absolute atomic E-state index is 0.0246. The lowest BCUT2D eigenvalue weighted by atomic mass is 9.67. The molecule has 2 aliphatic rings. The molecule has 0 heterocycles. The average molecular weight is 408 g/mol. The predicted octanol–water partition coefficient (Wildman–Crippen LogP) is 3.59. The van der Waals surface area contributed by atoms with Gasteiger partial charge in [0, 0.05) is 0 Å². The van der Waals surface area contributed by atoms with Crippen LogP contribution in [-0.2, 0) is 19.6 Å². The van der Waals surface area contributed by atoms with Crippen LogP contribution >= 0.6 is 0 Å². The maximum atomic E-state index is 13.6. The summed E-state index contributed by atoms with van der Waals surface area (Å²) in [4.78, 5) is 11.1. The van der Waals surface area contributed by atoms with Crippen LogP contribution in [0.1, 0.15) is 44.9 Å². The topological polar surface area (TPSA) is 80.7 Å². The first-order chi connectivity index (χ1) is 11.8. The number of aldehydes is 1. The molecule has 2 fully saturated rings. The molecule has 0 radical (unpaired) electrons. The Labute approximate surface area is 148 Å². The summed E-state index contributed by atoms with van der Waals surface area (Å²) < 4.78 is 99.8. The highest BCUT2D eigenvalue weighted by Gasteiger charge is 2.65. The molecule has 0 amide bonds. The minimum Gasteiger partial charge on any atom is -0.351 e. The van der Waals surface area contributed by atoms with Crippen LogP contribution in [0.4, 0.5) is 22.0 Å². The molecule has 5 nitrogen and oxygen atoms in total. The highest BCUT2D eigenvalue weighted by atomic mass is 32.2. The van der Waals surface area contributed by atoms with Gasteiger partial charge in [0.1, 0.15) is 12.4 Å². The van der Waals surface area contributed by atoms with Crippen LogP contribution in [-0.4, -0.2) is 42.9 Å². The number of hydrogen-bond acceptors (Lipinski definition) is 4. The molecule has 0 aromatic rings. The van der Waals surface area contributed by atoms with Gasteiger partial charge in [-0.15, -0.1) is 0 Å². The highest BCUT2D eigenvalue weighted by Crippen LogP contribution is 2.45. The molecule has 2 bridgehead atoms. The van der Waals surface area contributed by atoms with Gasteiger partial charge in [-0.1, -0.05) is 19.3 Å². The van der Waals surface area contributed by atoms with E-state index >= 15 is 0 Å². The number of fused-ring (bicyclic) bond motifs is 2. The fourth-order valence-corrected chi connectivity index (χ4v) is 4.65. The molecule has 1 N–H and O–H groups in total. The molecule has 11 heteroatoms. The Bertz CT molecular complexity index is 594. The molecule has 26 heavy (non-hydrogen) atoms. The monoisotopic (exact) mass is 408 g/mol. The van der Waals surface area contributed by atoms with Gasteiger partial charge in [-0.25, -0.2) is 0 Å². The Morgan fingerprint density at radius 2 is 1.62 bits per heavy atom. The van der Waals surface area contributed by atoms with Crippen LogP contribution in [0, 0.1) is 17.8 Å². The number of halogens is 5. The van der Waals surface area contributed by atoms with E-state index in [2.05, 4.69) is 4.74 Å². The van der Waals surface area contributed by atoms with Crippen molar-refractivity contribution in [3.63, 3.8) is 0 Å². The van der Waals surface area contributed by atoms with E-state index in [1.165, 1.54) is 0 Å². The van der Waals surface area contributed by atoms with Gasteiger partial charge in [0.25, 0.3) is 0 Å². The number of carbonyl (C=O) groups is 1. The normalized spacial score (nSPS) is 29.8. The number of carbonyl (C=O) groups excluding carboxylic acids is 1. The van der Waals surface area contributed by atoms with Gasteiger partial charge in [0.05, 0.1) is 0 Å². The summed E-state index contributed by atoms with van der Waals surface area (Å²) >= 11 is 0. The molecule has 0 spiro atoms. The van der Waals surface area contributed by atoms with Crippen molar-refractivity contribution in [3.05, 3.63) is 0 Å². The lowest BCUT2D eigenvalue weighted by Gasteiger charge is -2.40. The van der Waals surface area contributed by atoms with E-state index in [0.29, 0.717) is 24.7 Å². The first-order valence-electron chi connectivity index (χ1n) is 8.37. The van der Waals surface area contributed by atoms with Crippen LogP contribution in [0.5, 0.6) is 0 Å². The summed E-state index contributed by atoms with van der Waals surface area (Å²) in [6.07, 6.45) is -6.53. The zero-order valence-corrected chi connectivity index (χ0v) is 14.6. The lowest BCUT2D eigenvalue weighted by Crippen LogP contribution is -2.53. The third-order valence-corrected chi connectivity index (χ3v) is 6.10. The van der Waals surface area contributed by atoms with Crippen LogP contribution in [0.25, 0.3) is 0 Å². The van der Waals surface area contributed by atoms with Gasteiger partial charge in [0.15, 0.2) is 0 Å². The van der Waals surface area contributed by atoms with E-state index < -0.39 is 33.8 Å². The molecule has 0 saturated heterocycles. The van der Waals surface area contributed by atoms with Crippen molar-refractivity contribution in [2.75, 3.05) is 0 Å². The standard InChI is InChI=1S/C15H21F5O5S/c16-14(17,18)13(15(19,20)26(22,23)24)25-12(8-21)7-11-5-9-2-1-3-10(4-9)6-11/h8-13H,1-7H2,(H,22,23,24). The van der Waals surface area contributed by atoms with Gasteiger partial charge in [-0.3, -0.25) is 4.55 Å². The van der Waals surface area contributed by atoms with Gasteiger partial charge in [-0.2, -0.15) is 30.4 Å². The fraction of sp³-hybridized carbons (Fsp3) is 0.933. The molecule has 152 valence electrons. The second-order valence-corrected chi connectivity index (χ2v) is 8.74. The molecular weight excluding hydrogens is 387 g/mol. The number of rotatable bonds is 7. The second kappa shape index (κ2) is 7.67. The van der Waals surface area contributed by atoms with Crippen molar-refractivity contribution in [1.29, 1.82) is 0 Å². The molecular formula is C15H21F5O5S. The minimum atomic E-state index is -6.38. The van der Waals surface area contributed by atoms with Crippen LogP contribution in [0.15, 0.2) is 0 Å². The molecule has 4 unspecified atom stereocenters. The number of alkyl halides is 5. The Morgan fingerprint density at radius 3 is 2.04 bits per heavy atom. The van der Waals surface area contributed by atoms with Crippen LogP contribution < -0.4 is 0 Å². The molecule has 2 rings (SSSR count). The smallest absolute Gasteiger partial charge is 0.351 e. The third kappa shape index (κ3) is 4.92. The van der Waals surface area contributed by atoms with E-state index in [1.807, 2.05) is 0 Å². The van der Waals surface area contributed by atoms with Gasteiger partial charge in [-0.05, 0) is 43.4 Å². The van der Waals surface area contributed by atoms with Crippen molar-refractivity contribution in [2.45, 2.75) is 68.6 Å². The maximum absolute atomic E-state index is 13.6. The Kier molecular flexibility index (Phi) is 6.34. The zero-order chi connectivity index (χ0) is 19.8. The summed E-state index contributed by atoms with van der Waals surface area (Å²) in [5.74, 6) is 0.650. The quantitative estimate of drug-likeness (QED) is 0.396. The number of ether oxygens (including phenoxy) is 1. The van der Waals surface area contributed by atoms with Crippen molar-refractivity contribution in [1.82, 2.24) is 0 Å². The maximum Gasteiger partial charge on any atom is 0.421 e. The highest BCUT2D eigenvalue weighted by molar-refractivity contribution is 7.86. The number of hydrogen-bond donors (Lipinski definition) is 1. The van der Waals surface area contributed by atoms with Crippen molar-refractivity contribution in [2.24, 2.45) is 17.8 Å². The summed E-state index contributed by atoms with van der Waals surface area (Å²) in [5, 5.41) is -5.62. The molecule has 0 aromatic carbocycles. The van der Waals surface area contributed by atoms with Crippen molar-refractivity contribution >= 4 is 16.4 Å². The van der Waals surface area contributed by atoms with Gasteiger partial charge in [0.2, 0.25) is 6.10 Å². The average Bonchev–Trinajstić information content (AvgIpc) is 2.48. The first kappa shape index (κ1) is 21.5.